The van der Waals surface area contributed by atoms with E-state index in [2.05, 4.69) is 5.32 Å². The SMILES string of the molecule is C[C@@H]([NH2+]CC(=O)NCc1ccccc1)c1ccc(Cl)cc1Cl. The van der Waals surface area contributed by atoms with Gasteiger partial charge < -0.3 is 10.6 Å². The van der Waals surface area contributed by atoms with Crippen molar-refractivity contribution in [3.63, 3.8) is 0 Å². The van der Waals surface area contributed by atoms with Crippen LogP contribution in [0.5, 0.6) is 0 Å². The number of hydrogen-bond acceptors (Lipinski definition) is 1. The van der Waals surface area contributed by atoms with E-state index in [1.165, 1.54) is 0 Å². The number of rotatable bonds is 6. The highest BCUT2D eigenvalue weighted by Gasteiger charge is 2.14. The average molecular weight is 338 g/mol. The lowest BCUT2D eigenvalue weighted by molar-refractivity contribution is -0.682. The van der Waals surface area contributed by atoms with E-state index >= 15 is 0 Å². The van der Waals surface area contributed by atoms with Gasteiger partial charge in [-0.15, -0.1) is 0 Å². The molecule has 2 rings (SSSR count). The molecule has 0 unspecified atom stereocenters. The molecule has 22 heavy (non-hydrogen) atoms. The standard InChI is InChI=1S/C17H18Cl2N2O/c1-12(15-8-7-14(18)9-16(15)19)20-11-17(22)21-10-13-5-3-2-4-6-13/h2-9,12,20H,10-11H2,1H3,(H,21,22)/p+1/t12-/m1/s1. The second kappa shape index (κ2) is 8.18. The summed E-state index contributed by atoms with van der Waals surface area (Å²) in [6, 6.07) is 15.4. The van der Waals surface area contributed by atoms with Crippen LogP contribution in [-0.4, -0.2) is 12.5 Å². The Bertz CT molecular complexity index is 632. The first-order valence-electron chi connectivity index (χ1n) is 7.15. The normalized spacial score (nSPS) is 12.0. The second-order valence-electron chi connectivity index (χ2n) is 5.16. The molecule has 0 bridgehead atoms. The van der Waals surface area contributed by atoms with E-state index in [4.69, 9.17) is 23.2 Å². The highest BCUT2D eigenvalue weighted by Crippen LogP contribution is 2.24. The van der Waals surface area contributed by atoms with Gasteiger partial charge in [0.25, 0.3) is 5.91 Å². The number of amides is 1. The minimum absolute atomic E-state index is 0.000731. The first kappa shape index (κ1) is 16.8. The number of carbonyl (C=O) groups is 1. The minimum atomic E-state index is 0.000731. The van der Waals surface area contributed by atoms with Gasteiger partial charge in [0.1, 0.15) is 6.04 Å². The fourth-order valence-electron chi connectivity index (χ4n) is 2.15. The van der Waals surface area contributed by atoms with Gasteiger partial charge in [-0.2, -0.15) is 0 Å². The maximum absolute atomic E-state index is 11.9. The molecule has 1 atom stereocenters. The monoisotopic (exact) mass is 337 g/mol. The Labute approximate surface area is 140 Å². The Morgan fingerprint density at radius 3 is 2.59 bits per heavy atom. The fourth-order valence-corrected chi connectivity index (χ4v) is 2.73. The highest BCUT2D eigenvalue weighted by atomic mass is 35.5. The Hall–Kier alpha value is -1.55. The molecule has 3 N–H and O–H groups in total. The van der Waals surface area contributed by atoms with Gasteiger partial charge in [0.05, 0.1) is 5.02 Å². The van der Waals surface area contributed by atoms with Crippen LogP contribution in [0.3, 0.4) is 0 Å². The largest absolute Gasteiger partial charge is 0.347 e. The topological polar surface area (TPSA) is 45.7 Å². The van der Waals surface area contributed by atoms with Gasteiger partial charge in [0, 0.05) is 17.1 Å². The molecule has 0 aliphatic carbocycles. The zero-order chi connectivity index (χ0) is 15.9. The van der Waals surface area contributed by atoms with Crippen LogP contribution in [0, 0.1) is 0 Å². The van der Waals surface area contributed by atoms with E-state index in [1.54, 1.807) is 6.07 Å². The molecule has 0 saturated carbocycles. The Balaban J connectivity index is 1.80. The molecule has 1 amide bonds. The van der Waals surface area contributed by atoms with Gasteiger partial charge in [-0.3, -0.25) is 4.79 Å². The van der Waals surface area contributed by atoms with Crippen molar-refractivity contribution in [2.45, 2.75) is 19.5 Å². The molecule has 3 nitrogen and oxygen atoms in total. The molecule has 0 spiro atoms. The molecule has 0 aromatic heterocycles. The summed E-state index contributed by atoms with van der Waals surface area (Å²) in [5.74, 6) is 0.000731. The van der Waals surface area contributed by atoms with E-state index in [9.17, 15) is 4.79 Å². The first-order chi connectivity index (χ1) is 10.6. The van der Waals surface area contributed by atoms with Gasteiger partial charge in [-0.1, -0.05) is 59.6 Å². The maximum Gasteiger partial charge on any atom is 0.275 e. The predicted octanol–water partition coefficient (Wildman–Crippen LogP) is 2.93. The Morgan fingerprint density at radius 2 is 1.91 bits per heavy atom. The number of hydrogen-bond donors (Lipinski definition) is 2. The van der Waals surface area contributed by atoms with E-state index in [1.807, 2.05) is 54.7 Å². The van der Waals surface area contributed by atoms with Gasteiger partial charge >= 0.3 is 0 Å². The lowest BCUT2D eigenvalue weighted by atomic mass is 10.1. The Kier molecular flexibility index (Phi) is 6.25. The van der Waals surface area contributed by atoms with Crippen molar-refractivity contribution >= 4 is 29.1 Å². The first-order valence-corrected chi connectivity index (χ1v) is 7.91. The summed E-state index contributed by atoms with van der Waals surface area (Å²) in [5, 5.41) is 6.10. The lowest BCUT2D eigenvalue weighted by Crippen LogP contribution is -2.87. The van der Waals surface area contributed by atoms with Crippen LogP contribution in [-0.2, 0) is 11.3 Å². The molecule has 0 aliphatic heterocycles. The van der Waals surface area contributed by atoms with Crippen molar-refractivity contribution in [2.75, 3.05) is 6.54 Å². The summed E-state index contributed by atoms with van der Waals surface area (Å²) < 4.78 is 0. The van der Waals surface area contributed by atoms with Crippen LogP contribution in [0.15, 0.2) is 48.5 Å². The van der Waals surface area contributed by atoms with Crippen molar-refractivity contribution in [1.29, 1.82) is 0 Å². The number of nitrogens with two attached hydrogens (primary N) is 1. The van der Waals surface area contributed by atoms with Gasteiger partial charge in [-0.25, -0.2) is 0 Å². The number of benzene rings is 2. The van der Waals surface area contributed by atoms with Crippen molar-refractivity contribution in [2.24, 2.45) is 0 Å². The van der Waals surface area contributed by atoms with Crippen molar-refractivity contribution in [3.8, 4) is 0 Å². The zero-order valence-electron chi connectivity index (χ0n) is 12.4. The predicted molar refractivity (Wildman–Crippen MR) is 90.0 cm³/mol. The van der Waals surface area contributed by atoms with E-state index < -0.39 is 0 Å². The summed E-state index contributed by atoms with van der Waals surface area (Å²) in [5.41, 5.74) is 2.06. The molecular weight excluding hydrogens is 319 g/mol. The third kappa shape index (κ3) is 5.02. The van der Waals surface area contributed by atoms with E-state index in [0.717, 1.165) is 11.1 Å². The molecule has 0 aliphatic rings. The van der Waals surface area contributed by atoms with Crippen molar-refractivity contribution in [1.82, 2.24) is 5.32 Å². The van der Waals surface area contributed by atoms with Crippen LogP contribution in [0.2, 0.25) is 10.0 Å². The third-order valence-corrected chi connectivity index (χ3v) is 4.00. The van der Waals surface area contributed by atoms with Crippen LogP contribution in [0.1, 0.15) is 24.1 Å². The molecule has 116 valence electrons. The van der Waals surface area contributed by atoms with E-state index in [-0.39, 0.29) is 11.9 Å². The highest BCUT2D eigenvalue weighted by molar-refractivity contribution is 6.35. The van der Waals surface area contributed by atoms with Crippen LogP contribution in [0.4, 0.5) is 0 Å². The summed E-state index contributed by atoms with van der Waals surface area (Å²) in [6.07, 6.45) is 0. The molecule has 0 saturated heterocycles. The van der Waals surface area contributed by atoms with E-state index in [0.29, 0.717) is 23.1 Å². The van der Waals surface area contributed by atoms with Crippen molar-refractivity contribution < 1.29 is 10.1 Å². The third-order valence-electron chi connectivity index (χ3n) is 3.44. The maximum atomic E-state index is 11.9. The Morgan fingerprint density at radius 1 is 1.18 bits per heavy atom. The van der Waals surface area contributed by atoms with Crippen LogP contribution in [0.25, 0.3) is 0 Å². The molecular formula is C17H19Cl2N2O+. The quantitative estimate of drug-likeness (QED) is 0.836. The summed E-state index contributed by atoms with van der Waals surface area (Å²) in [6.45, 7) is 2.91. The lowest BCUT2D eigenvalue weighted by Gasteiger charge is -2.13. The number of quaternary nitrogens is 1. The van der Waals surface area contributed by atoms with Crippen molar-refractivity contribution in [3.05, 3.63) is 69.7 Å². The summed E-state index contributed by atoms with van der Waals surface area (Å²) >= 11 is 12.1. The molecule has 5 heteroatoms. The van der Waals surface area contributed by atoms with Gasteiger partial charge in [-0.05, 0) is 24.6 Å². The molecule has 2 aromatic rings. The zero-order valence-corrected chi connectivity index (χ0v) is 13.9. The average Bonchev–Trinajstić information content (AvgIpc) is 2.51. The number of halogens is 2. The second-order valence-corrected chi connectivity index (χ2v) is 6.00. The molecule has 0 fully saturated rings. The fraction of sp³-hybridized carbons (Fsp3) is 0.235. The van der Waals surface area contributed by atoms with Crippen LogP contribution >= 0.6 is 23.2 Å². The van der Waals surface area contributed by atoms with Gasteiger partial charge in [0.15, 0.2) is 6.54 Å². The smallest absolute Gasteiger partial charge is 0.275 e. The number of nitrogens with one attached hydrogen (secondary N) is 1. The number of carbonyl (C=O) groups excluding carboxylic acids is 1. The molecule has 0 radical (unpaired) electrons. The summed E-state index contributed by atoms with van der Waals surface area (Å²) in [7, 11) is 0. The summed E-state index contributed by atoms with van der Waals surface area (Å²) in [4.78, 5) is 11.9. The van der Waals surface area contributed by atoms with Gasteiger partial charge in [0.2, 0.25) is 0 Å². The van der Waals surface area contributed by atoms with Crippen LogP contribution < -0.4 is 10.6 Å². The molecule has 0 heterocycles. The minimum Gasteiger partial charge on any atom is -0.347 e. The molecule has 2 aromatic carbocycles.